The maximum Gasteiger partial charge on any atom is 0.275 e. The molecule has 0 bridgehead atoms. The highest BCUT2D eigenvalue weighted by Crippen LogP contribution is 2.26. The van der Waals surface area contributed by atoms with Gasteiger partial charge in [0.05, 0.1) is 22.0 Å². The fraction of sp³-hybridized carbons (Fsp3) is 0.263. The van der Waals surface area contributed by atoms with Crippen molar-refractivity contribution < 1.29 is 4.39 Å². The molecule has 0 fully saturated rings. The molecule has 0 unspecified atom stereocenters. The summed E-state index contributed by atoms with van der Waals surface area (Å²) in [7, 11) is 0. The summed E-state index contributed by atoms with van der Waals surface area (Å²) in [5.41, 5.74) is 2.65. The fourth-order valence-electron chi connectivity index (χ4n) is 3.06. The molecule has 0 atom stereocenters. The maximum absolute atomic E-state index is 13.3. The molecule has 130 valence electrons. The van der Waals surface area contributed by atoms with E-state index < -0.39 is 0 Å². The zero-order chi connectivity index (χ0) is 18.0. The van der Waals surface area contributed by atoms with Crippen LogP contribution in [0.5, 0.6) is 0 Å². The van der Waals surface area contributed by atoms with Crippen LogP contribution < -0.4 is 5.56 Å². The van der Waals surface area contributed by atoms with E-state index in [1.165, 1.54) is 23.9 Å². The summed E-state index contributed by atoms with van der Waals surface area (Å²) in [5, 5.41) is 0.671. The van der Waals surface area contributed by atoms with Crippen molar-refractivity contribution >= 4 is 17.5 Å². The SMILES string of the molecule is C=C(/N=C(\C=C/C)c1c(-c2ccc(F)cc2)c(=O)n2n1CCC2)SC. The summed E-state index contributed by atoms with van der Waals surface area (Å²) in [6, 6.07) is 6.03. The average molecular weight is 357 g/mol. The summed E-state index contributed by atoms with van der Waals surface area (Å²) >= 11 is 1.46. The molecule has 2 aromatic rings. The van der Waals surface area contributed by atoms with Crippen molar-refractivity contribution in [2.45, 2.75) is 26.4 Å². The van der Waals surface area contributed by atoms with Gasteiger partial charge in [0, 0.05) is 13.1 Å². The summed E-state index contributed by atoms with van der Waals surface area (Å²) in [4.78, 5) is 17.6. The number of hydrogen-bond acceptors (Lipinski definition) is 3. The van der Waals surface area contributed by atoms with E-state index >= 15 is 0 Å². The molecule has 0 aliphatic carbocycles. The number of aromatic nitrogens is 2. The molecule has 0 radical (unpaired) electrons. The van der Waals surface area contributed by atoms with E-state index in [1.807, 2.05) is 30.0 Å². The van der Waals surface area contributed by atoms with Crippen LogP contribution in [0.3, 0.4) is 0 Å². The first kappa shape index (κ1) is 17.5. The Morgan fingerprint density at radius 1 is 1.28 bits per heavy atom. The lowest BCUT2D eigenvalue weighted by Gasteiger charge is -2.09. The van der Waals surface area contributed by atoms with Gasteiger partial charge < -0.3 is 0 Å². The summed E-state index contributed by atoms with van der Waals surface area (Å²) < 4.78 is 17.0. The zero-order valence-electron chi connectivity index (χ0n) is 14.3. The van der Waals surface area contributed by atoms with Gasteiger partial charge in [0.1, 0.15) is 5.82 Å². The van der Waals surface area contributed by atoms with E-state index in [9.17, 15) is 9.18 Å². The molecule has 1 aromatic carbocycles. The second-order valence-electron chi connectivity index (χ2n) is 5.73. The van der Waals surface area contributed by atoms with Crippen LogP contribution in [0, 0.1) is 5.82 Å². The molecule has 0 amide bonds. The second-order valence-corrected chi connectivity index (χ2v) is 6.61. The zero-order valence-corrected chi connectivity index (χ0v) is 15.1. The predicted molar refractivity (Wildman–Crippen MR) is 103 cm³/mol. The molecule has 0 saturated heterocycles. The van der Waals surface area contributed by atoms with Crippen LogP contribution in [0.1, 0.15) is 19.0 Å². The van der Waals surface area contributed by atoms with Crippen molar-refractivity contribution in [2.24, 2.45) is 4.99 Å². The van der Waals surface area contributed by atoms with Gasteiger partial charge in [-0.3, -0.25) is 9.48 Å². The molecule has 1 aliphatic heterocycles. The normalized spacial score (nSPS) is 14.3. The van der Waals surface area contributed by atoms with Crippen LogP contribution in [0.15, 0.2) is 57.8 Å². The number of hydrogen-bond donors (Lipinski definition) is 0. The third-order valence-electron chi connectivity index (χ3n) is 4.16. The minimum atomic E-state index is -0.324. The highest BCUT2D eigenvalue weighted by atomic mass is 32.2. The fourth-order valence-corrected chi connectivity index (χ4v) is 3.25. The Kier molecular flexibility index (Phi) is 5.08. The third-order valence-corrected chi connectivity index (χ3v) is 4.72. The van der Waals surface area contributed by atoms with Crippen molar-refractivity contribution in [2.75, 3.05) is 6.26 Å². The Balaban J connectivity index is 2.29. The van der Waals surface area contributed by atoms with Crippen molar-refractivity contribution in [3.63, 3.8) is 0 Å². The lowest BCUT2D eigenvalue weighted by Crippen LogP contribution is -2.17. The molecule has 2 heterocycles. The number of nitrogens with zero attached hydrogens (tertiary/aromatic N) is 3. The van der Waals surface area contributed by atoms with Gasteiger partial charge in [0.2, 0.25) is 0 Å². The van der Waals surface area contributed by atoms with Crippen molar-refractivity contribution in [1.82, 2.24) is 9.36 Å². The minimum absolute atomic E-state index is 0.0638. The number of aliphatic imine (C=N–C) groups is 1. The minimum Gasteiger partial charge on any atom is -0.280 e. The Labute approximate surface area is 150 Å². The molecule has 0 N–H and O–H groups in total. The molecule has 0 saturated carbocycles. The van der Waals surface area contributed by atoms with E-state index in [0.29, 0.717) is 28.4 Å². The predicted octanol–water partition coefficient (Wildman–Crippen LogP) is 4.06. The molecule has 3 rings (SSSR count). The molecule has 6 heteroatoms. The number of allylic oxidation sites excluding steroid dienone is 2. The number of rotatable bonds is 5. The van der Waals surface area contributed by atoms with Gasteiger partial charge in [-0.2, -0.15) is 0 Å². The van der Waals surface area contributed by atoms with E-state index in [-0.39, 0.29) is 11.4 Å². The Morgan fingerprint density at radius 3 is 2.60 bits per heavy atom. The van der Waals surface area contributed by atoms with Crippen LogP contribution in [-0.4, -0.2) is 21.3 Å². The molecule has 25 heavy (non-hydrogen) atoms. The Hall–Kier alpha value is -2.34. The molecular formula is C19H20FN3OS. The van der Waals surface area contributed by atoms with Gasteiger partial charge in [0.15, 0.2) is 0 Å². The maximum atomic E-state index is 13.3. The third kappa shape index (κ3) is 3.26. The van der Waals surface area contributed by atoms with Crippen molar-refractivity contribution in [1.29, 1.82) is 0 Å². The summed E-state index contributed by atoms with van der Waals surface area (Å²) in [6.45, 7) is 7.28. The molecule has 1 aromatic heterocycles. The average Bonchev–Trinajstić information content (AvgIpc) is 3.17. The van der Waals surface area contributed by atoms with E-state index in [4.69, 9.17) is 0 Å². The summed E-state index contributed by atoms with van der Waals surface area (Å²) in [5.74, 6) is -0.324. The first-order chi connectivity index (χ1) is 12.1. The Morgan fingerprint density at radius 2 is 1.96 bits per heavy atom. The highest BCUT2D eigenvalue weighted by molar-refractivity contribution is 8.02. The van der Waals surface area contributed by atoms with Crippen molar-refractivity contribution in [3.05, 3.63) is 69.9 Å². The number of fused-ring (bicyclic) bond motifs is 1. The van der Waals surface area contributed by atoms with Crippen LogP contribution in [0.25, 0.3) is 11.1 Å². The van der Waals surface area contributed by atoms with E-state index in [1.54, 1.807) is 16.8 Å². The first-order valence-corrected chi connectivity index (χ1v) is 9.33. The molecule has 0 spiro atoms. The standard InChI is InChI=1S/C19H20FN3OS/c1-4-6-16(21-13(2)25-3)18-17(14-7-9-15(20)10-8-14)19(24)23-12-5-11-22(18)23/h4,6-10H,2,5,11-12H2,1,3H3/b6-4-,21-16+. The highest BCUT2D eigenvalue weighted by Gasteiger charge is 2.26. The van der Waals surface area contributed by atoms with Gasteiger partial charge in [-0.25, -0.2) is 14.1 Å². The second kappa shape index (κ2) is 7.27. The monoisotopic (exact) mass is 357 g/mol. The van der Waals surface area contributed by atoms with Gasteiger partial charge in [-0.05, 0) is 43.4 Å². The molecule has 1 aliphatic rings. The topological polar surface area (TPSA) is 39.3 Å². The van der Waals surface area contributed by atoms with Crippen LogP contribution in [-0.2, 0) is 13.1 Å². The van der Waals surface area contributed by atoms with Crippen LogP contribution in [0.2, 0.25) is 0 Å². The number of thioether (sulfide) groups is 1. The largest absolute Gasteiger partial charge is 0.280 e. The lowest BCUT2D eigenvalue weighted by atomic mass is 10.0. The van der Waals surface area contributed by atoms with Gasteiger partial charge in [0.25, 0.3) is 5.56 Å². The lowest BCUT2D eigenvalue weighted by molar-refractivity contribution is 0.591. The Bertz CT molecular complexity index is 919. The molecule has 4 nitrogen and oxygen atoms in total. The van der Waals surface area contributed by atoms with E-state index in [0.717, 1.165) is 18.7 Å². The number of halogens is 1. The van der Waals surface area contributed by atoms with E-state index in [2.05, 4.69) is 11.6 Å². The van der Waals surface area contributed by atoms with Gasteiger partial charge in [-0.15, -0.1) is 11.8 Å². The number of benzene rings is 1. The van der Waals surface area contributed by atoms with Crippen molar-refractivity contribution in [3.8, 4) is 11.1 Å². The quantitative estimate of drug-likeness (QED) is 0.757. The smallest absolute Gasteiger partial charge is 0.275 e. The van der Waals surface area contributed by atoms with Crippen LogP contribution >= 0.6 is 11.8 Å². The first-order valence-electron chi connectivity index (χ1n) is 8.11. The van der Waals surface area contributed by atoms with Gasteiger partial charge in [-0.1, -0.05) is 24.8 Å². The summed E-state index contributed by atoms with van der Waals surface area (Å²) in [6.07, 6.45) is 6.61. The van der Waals surface area contributed by atoms with Gasteiger partial charge >= 0.3 is 0 Å². The molecular weight excluding hydrogens is 337 g/mol. The van der Waals surface area contributed by atoms with Crippen LogP contribution in [0.4, 0.5) is 4.39 Å².